The maximum Gasteiger partial charge on any atom is 0.159 e. The molecule has 0 fully saturated rings. The third-order valence-electron chi connectivity index (χ3n) is 3.45. The van der Waals surface area contributed by atoms with Gasteiger partial charge in [0.25, 0.3) is 0 Å². The summed E-state index contributed by atoms with van der Waals surface area (Å²) in [6.45, 7) is 1.61. The number of hydrogen-bond acceptors (Lipinski definition) is 2. The van der Waals surface area contributed by atoms with E-state index in [9.17, 15) is 4.79 Å². The van der Waals surface area contributed by atoms with Crippen molar-refractivity contribution in [3.05, 3.63) is 41.5 Å². The van der Waals surface area contributed by atoms with Crippen LogP contribution in [0.2, 0.25) is 0 Å². The second kappa shape index (κ2) is 3.48. The number of benzene rings is 1. The van der Waals surface area contributed by atoms with Crippen molar-refractivity contribution in [1.82, 2.24) is 0 Å². The Kier molecular flexibility index (Phi) is 2.10. The molecule has 0 aromatic heterocycles. The van der Waals surface area contributed by atoms with E-state index in [2.05, 4.69) is 12.2 Å². The molecule has 0 unspecified atom stereocenters. The molecular formula is C14H14O2. The first kappa shape index (κ1) is 9.64. The maximum absolute atomic E-state index is 11.4. The Labute approximate surface area is 94.9 Å². The molecule has 2 atom stereocenters. The molecule has 16 heavy (non-hydrogen) atoms. The van der Waals surface area contributed by atoms with E-state index >= 15 is 0 Å². The van der Waals surface area contributed by atoms with Gasteiger partial charge in [-0.15, -0.1) is 0 Å². The lowest BCUT2D eigenvalue weighted by atomic mass is 9.86. The summed E-state index contributed by atoms with van der Waals surface area (Å²) in [5.41, 5.74) is 2.00. The number of ether oxygens (including phenoxy) is 1. The van der Waals surface area contributed by atoms with Gasteiger partial charge in [-0.2, -0.15) is 0 Å². The van der Waals surface area contributed by atoms with E-state index in [4.69, 9.17) is 4.74 Å². The van der Waals surface area contributed by atoms with Gasteiger partial charge in [0, 0.05) is 17.0 Å². The van der Waals surface area contributed by atoms with Gasteiger partial charge in [0.05, 0.1) is 0 Å². The first-order valence-electron chi connectivity index (χ1n) is 5.74. The molecule has 1 aliphatic carbocycles. The molecule has 0 saturated carbocycles. The van der Waals surface area contributed by atoms with Gasteiger partial charge in [-0.05, 0) is 44.0 Å². The molecule has 1 aromatic carbocycles. The summed E-state index contributed by atoms with van der Waals surface area (Å²) in [5.74, 6) is 1.52. The van der Waals surface area contributed by atoms with Crippen molar-refractivity contribution in [2.75, 3.05) is 0 Å². The summed E-state index contributed by atoms with van der Waals surface area (Å²) in [5, 5.41) is 0. The van der Waals surface area contributed by atoms with E-state index in [-0.39, 0.29) is 11.9 Å². The van der Waals surface area contributed by atoms with Crippen molar-refractivity contribution >= 4 is 5.78 Å². The highest BCUT2D eigenvalue weighted by Gasteiger charge is 2.33. The zero-order chi connectivity index (χ0) is 11.1. The molecule has 0 radical (unpaired) electrons. The number of carbonyl (C=O) groups excluding carboxylic acids is 1. The summed E-state index contributed by atoms with van der Waals surface area (Å²) in [7, 11) is 0. The van der Waals surface area contributed by atoms with Crippen LogP contribution in [0.4, 0.5) is 0 Å². The Morgan fingerprint density at radius 2 is 2.31 bits per heavy atom. The quantitative estimate of drug-likeness (QED) is 0.530. The van der Waals surface area contributed by atoms with Gasteiger partial charge < -0.3 is 4.74 Å². The number of rotatable bonds is 1. The molecule has 0 N–H and O–H groups in total. The van der Waals surface area contributed by atoms with Gasteiger partial charge in [0.15, 0.2) is 5.78 Å². The monoisotopic (exact) mass is 214 g/mol. The fraction of sp³-hybridized carbons (Fsp3) is 0.357. The summed E-state index contributed by atoms with van der Waals surface area (Å²) in [6, 6.07) is 5.78. The molecule has 1 aliphatic heterocycles. The molecule has 82 valence electrons. The fourth-order valence-corrected chi connectivity index (χ4v) is 2.57. The van der Waals surface area contributed by atoms with E-state index in [0.717, 1.165) is 24.2 Å². The van der Waals surface area contributed by atoms with Crippen molar-refractivity contribution in [3.8, 4) is 5.75 Å². The normalized spacial score (nSPS) is 25.8. The van der Waals surface area contributed by atoms with Crippen LogP contribution in [0.25, 0.3) is 0 Å². The zero-order valence-electron chi connectivity index (χ0n) is 9.27. The third kappa shape index (κ3) is 1.37. The van der Waals surface area contributed by atoms with Crippen LogP contribution in [0.5, 0.6) is 5.75 Å². The van der Waals surface area contributed by atoms with Gasteiger partial charge in [-0.25, -0.2) is 0 Å². The molecule has 3 rings (SSSR count). The Hall–Kier alpha value is -1.57. The van der Waals surface area contributed by atoms with E-state index < -0.39 is 0 Å². The van der Waals surface area contributed by atoms with Crippen molar-refractivity contribution in [2.24, 2.45) is 0 Å². The number of ketones is 1. The second-order valence-corrected chi connectivity index (χ2v) is 4.50. The summed E-state index contributed by atoms with van der Waals surface area (Å²) >= 11 is 0. The van der Waals surface area contributed by atoms with Crippen LogP contribution < -0.4 is 4.74 Å². The van der Waals surface area contributed by atoms with Crippen molar-refractivity contribution < 1.29 is 9.53 Å². The zero-order valence-corrected chi connectivity index (χ0v) is 9.27. The molecule has 2 nitrogen and oxygen atoms in total. The summed E-state index contributed by atoms with van der Waals surface area (Å²) < 4.78 is 5.85. The van der Waals surface area contributed by atoms with Crippen molar-refractivity contribution in [2.45, 2.75) is 31.8 Å². The van der Waals surface area contributed by atoms with E-state index in [1.54, 1.807) is 6.92 Å². The molecule has 0 amide bonds. The van der Waals surface area contributed by atoms with Crippen LogP contribution in [0.1, 0.15) is 41.6 Å². The van der Waals surface area contributed by atoms with Crippen LogP contribution in [-0.4, -0.2) is 11.9 Å². The average Bonchev–Trinajstić information content (AvgIpc) is 2.66. The lowest BCUT2D eigenvalue weighted by Gasteiger charge is -2.18. The highest BCUT2D eigenvalue weighted by atomic mass is 16.5. The number of allylic oxidation sites excluding steroid dienone is 1. The van der Waals surface area contributed by atoms with Gasteiger partial charge in [-0.1, -0.05) is 6.08 Å². The van der Waals surface area contributed by atoms with E-state index in [0.29, 0.717) is 5.92 Å². The highest BCUT2D eigenvalue weighted by Crippen LogP contribution is 2.43. The number of carbonyl (C=O) groups is 1. The number of fused-ring (bicyclic) bond motifs is 3. The van der Waals surface area contributed by atoms with Crippen molar-refractivity contribution in [3.63, 3.8) is 0 Å². The van der Waals surface area contributed by atoms with Crippen LogP contribution in [0, 0.1) is 0 Å². The molecule has 2 aliphatic rings. The Morgan fingerprint density at radius 1 is 1.44 bits per heavy atom. The third-order valence-corrected chi connectivity index (χ3v) is 3.45. The fourth-order valence-electron chi connectivity index (χ4n) is 2.57. The minimum absolute atomic E-state index is 0.123. The minimum atomic E-state index is 0.123. The lowest BCUT2D eigenvalue weighted by Crippen LogP contribution is -2.18. The highest BCUT2D eigenvalue weighted by molar-refractivity contribution is 5.94. The Bertz CT molecular complexity index is 474. The van der Waals surface area contributed by atoms with Gasteiger partial charge >= 0.3 is 0 Å². The first-order valence-corrected chi connectivity index (χ1v) is 5.74. The smallest absolute Gasteiger partial charge is 0.159 e. The van der Waals surface area contributed by atoms with E-state index in [1.165, 1.54) is 5.56 Å². The number of Topliss-reactive ketones (excluding diaryl/α,β-unsaturated/α-hetero) is 1. The molecule has 2 heteroatoms. The summed E-state index contributed by atoms with van der Waals surface area (Å²) in [6.07, 6.45) is 6.73. The SMILES string of the molecule is CC(=O)c1ccc2c(c1)[C@@H]1CCC=C[C@@H]1O2. The molecule has 0 saturated heterocycles. The lowest BCUT2D eigenvalue weighted by molar-refractivity contribution is 0.101. The minimum Gasteiger partial charge on any atom is -0.485 e. The summed E-state index contributed by atoms with van der Waals surface area (Å²) in [4.78, 5) is 11.4. The van der Waals surface area contributed by atoms with Crippen LogP contribution in [0.3, 0.4) is 0 Å². The Morgan fingerprint density at radius 3 is 3.12 bits per heavy atom. The van der Waals surface area contributed by atoms with Gasteiger partial charge in [0.1, 0.15) is 11.9 Å². The maximum atomic E-state index is 11.4. The largest absolute Gasteiger partial charge is 0.485 e. The predicted molar refractivity (Wildman–Crippen MR) is 62.0 cm³/mol. The van der Waals surface area contributed by atoms with Crippen LogP contribution in [0.15, 0.2) is 30.4 Å². The second-order valence-electron chi connectivity index (χ2n) is 4.50. The van der Waals surface area contributed by atoms with Gasteiger partial charge in [-0.3, -0.25) is 4.79 Å². The number of hydrogen-bond donors (Lipinski definition) is 0. The average molecular weight is 214 g/mol. The predicted octanol–water partition coefficient (Wildman–Crippen LogP) is 3.08. The standard InChI is InChI=1S/C14H14O2/c1-9(15)10-6-7-14-12(8-10)11-4-2-3-5-13(11)16-14/h3,5-8,11,13H,2,4H2,1H3/t11-,13-/m0/s1. The molecule has 0 bridgehead atoms. The molecule has 0 spiro atoms. The van der Waals surface area contributed by atoms with Crippen molar-refractivity contribution in [1.29, 1.82) is 0 Å². The Balaban J connectivity index is 2.05. The molecule has 1 aromatic rings. The van der Waals surface area contributed by atoms with Gasteiger partial charge in [0.2, 0.25) is 0 Å². The van der Waals surface area contributed by atoms with Crippen LogP contribution in [-0.2, 0) is 0 Å². The first-order chi connectivity index (χ1) is 7.75. The topological polar surface area (TPSA) is 26.3 Å². The molecular weight excluding hydrogens is 200 g/mol. The molecule has 1 heterocycles. The van der Waals surface area contributed by atoms with E-state index in [1.807, 2.05) is 18.2 Å². The van der Waals surface area contributed by atoms with Crippen LogP contribution >= 0.6 is 0 Å².